The van der Waals surface area contributed by atoms with E-state index in [-0.39, 0.29) is 16.8 Å². The number of rotatable bonds is 5. The van der Waals surface area contributed by atoms with Crippen molar-refractivity contribution < 1.29 is 12.8 Å². The Balaban J connectivity index is 1.71. The molecule has 1 fully saturated rings. The minimum atomic E-state index is -3.64. The second-order valence-electron chi connectivity index (χ2n) is 6.91. The zero-order valence-corrected chi connectivity index (χ0v) is 16.2. The number of sulfonamides is 1. The van der Waals surface area contributed by atoms with E-state index in [1.54, 1.807) is 37.7 Å². The van der Waals surface area contributed by atoms with Gasteiger partial charge in [-0.3, -0.25) is 9.58 Å². The van der Waals surface area contributed by atoms with E-state index in [0.29, 0.717) is 30.0 Å². The van der Waals surface area contributed by atoms with Crippen LogP contribution in [0.2, 0.25) is 0 Å². The zero-order chi connectivity index (χ0) is 18.9. The lowest BCUT2D eigenvalue weighted by molar-refractivity contribution is 0.192. The van der Waals surface area contributed by atoms with E-state index in [4.69, 9.17) is 0 Å². The van der Waals surface area contributed by atoms with Gasteiger partial charge in [0.25, 0.3) is 0 Å². The van der Waals surface area contributed by atoms with Gasteiger partial charge in [0.15, 0.2) is 0 Å². The summed E-state index contributed by atoms with van der Waals surface area (Å²) in [7, 11) is -1.90. The first-order valence-corrected chi connectivity index (χ1v) is 10.2. The summed E-state index contributed by atoms with van der Waals surface area (Å²) in [6.45, 7) is 5.33. The first kappa shape index (κ1) is 19.0. The van der Waals surface area contributed by atoms with Crippen LogP contribution in [0.1, 0.15) is 29.8 Å². The van der Waals surface area contributed by atoms with Gasteiger partial charge >= 0.3 is 0 Å². The summed E-state index contributed by atoms with van der Waals surface area (Å²) < 4.78 is 43.9. The van der Waals surface area contributed by atoms with Crippen molar-refractivity contribution >= 4 is 10.0 Å². The quantitative estimate of drug-likeness (QED) is 0.863. The predicted octanol–water partition coefficient (Wildman–Crippen LogP) is 2.12. The molecule has 1 N–H and O–H groups in total. The van der Waals surface area contributed by atoms with Gasteiger partial charge in [-0.2, -0.15) is 5.10 Å². The van der Waals surface area contributed by atoms with E-state index in [1.165, 1.54) is 6.07 Å². The molecule has 3 rings (SSSR count). The van der Waals surface area contributed by atoms with E-state index in [2.05, 4.69) is 14.7 Å². The predicted molar refractivity (Wildman–Crippen MR) is 97.7 cm³/mol. The molecule has 2 aromatic rings. The van der Waals surface area contributed by atoms with Crippen LogP contribution < -0.4 is 4.72 Å². The Morgan fingerprint density at radius 2 is 2.04 bits per heavy atom. The number of piperidine rings is 1. The SMILES string of the molecule is Cc1nn(C)c(C)c1S(=O)(=O)N[C@H]1CCCN(Cc2ccccc2F)C1. The van der Waals surface area contributed by atoms with Crippen LogP contribution in [0, 0.1) is 19.7 Å². The van der Waals surface area contributed by atoms with Gasteiger partial charge in [0.2, 0.25) is 10.0 Å². The molecule has 26 heavy (non-hydrogen) atoms. The summed E-state index contributed by atoms with van der Waals surface area (Å²) in [6, 6.07) is 6.51. The van der Waals surface area contributed by atoms with Crippen molar-refractivity contribution in [2.24, 2.45) is 7.05 Å². The Hall–Kier alpha value is -1.77. The fourth-order valence-electron chi connectivity index (χ4n) is 3.58. The maximum atomic E-state index is 13.9. The third kappa shape index (κ3) is 3.97. The topological polar surface area (TPSA) is 67.2 Å². The molecular weight excluding hydrogens is 355 g/mol. The summed E-state index contributed by atoms with van der Waals surface area (Å²) in [6.07, 6.45) is 1.64. The minimum absolute atomic E-state index is 0.195. The van der Waals surface area contributed by atoms with Crippen LogP contribution >= 0.6 is 0 Å². The van der Waals surface area contributed by atoms with Gasteiger partial charge in [-0.15, -0.1) is 0 Å². The molecule has 1 aromatic carbocycles. The van der Waals surface area contributed by atoms with E-state index in [1.807, 2.05) is 6.07 Å². The molecule has 0 saturated carbocycles. The molecule has 1 aliphatic heterocycles. The maximum absolute atomic E-state index is 13.9. The molecule has 0 amide bonds. The minimum Gasteiger partial charge on any atom is -0.297 e. The van der Waals surface area contributed by atoms with Gasteiger partial charge in [0.05, 0.1) is 11.4 Å². The molecule has 142 valence electrons. The smallest absolute Gasteiger partial charge is 0.244 e. The first-order chi connectivity index (χ1) is 12.3. The van der Waals surface area contributed by atoms with Crippen molar-refractivity contribution in [1.29, 1.82) is 0 Å². The van der Waals surface area contributed by atoms with Gasteiger partial charge in [-0.25, -0.2) is 17.5 Å². The maximum Gasteiger partial charge on any atom is 0.244 e. The summed E-state index contributed by atoms with van der Waals surface area (Å²) in [5.41, 5.74) is 1.75. The molecule has 0 aliphatic carbocycles. The molecule has 2 heterocycles. The van der Waals surface area contributed by atoms with Crippen LogP contribution in [0.5, 0.6) is 0 Å². The van der Waals surface area contributed by atoms with Gasteiger partial charge in [0, 0.05) is 31.7 Å². The number of likely N-dealkylation sites (tertiary alicyclic amines) is 1. The van der Waals surface area contributed by atoms with Crippen molar-refractivity contribution in [2.75, 3.05) is 13.1 Å². The average Bonchev–Trinajstić information content (AvgIpc) is 2.82. The number of aromatic nitrogens is 2. The lowest BCUT2D eigenvalue weighted by Crippen LogP contribution is -2.47. The Kier molecular flexibility index (Phi) is 5.45. The van der Waals surface area contributed by atoms with Crippen molar-refractivity contribution in [3.8, 4) is 0 Å². The lowest BCUT2D eigenvalue weighted by Gasteiger charge is -2.33. The average molecular weight is 380 g/mol. The highest BCUT2D eigenvalue weighted by Crippen LogP contribution is 2.21. The van der Waals surface area contributed by atoms with Crippen LogP contribution in [0.15, 0.2) is 29.2 Å². The number of halogens is 1. The van der Waals surface area contributed by atoms with Gasteiger partial charge < -0.3 is 0 Å². The molecule has 0 bridgehead atoms. The van der Waals surface area contributed by atoms with Crippen LogP contribution in [-0.4, -0.2) is 42.2 Å². The van der Waals surface area contributed by atoms with E-state index in [0.717, 1.165) is 19.4 Å². The molecule has 1 atom stereocenters. The number of aryl methyl sites for hydroxylation is 2. The summed E-state index contributed by atoms with van der Waals surface area (Å²) >= 11 is 0. The highest BCUT2D eigenvalue weighted by atomic mass is 32.2. The van der Waals surface area contributed by atoms with Gasteiger partial charge in [-0.1, -0.05) is 18.2 Å². The number of nitrogens with zero attached hydrogens (tertiary/aromatic N) is 3. The highest BCUT2D eigenvalue weighted by Gasteiger charge is 2.29. The Morgan fingerprint density at radius 1 is 1.31 bits per heavy atom. The van der Waals surface area contributed by atoms with Crippen LogP contribution in [0.3, 0.4) is 0 Å². The normalized spacial score (nSPS) is 19.0. The number of nitrogens with one attached hydrogen (secondary N) is 1. The summed E-state index contributed by atoms with van der Waals surface area (Å²) in [4.78, 5) is 2.35. The molecule has 1 aromatic heterocycles. The van der Waals surface area contributed by atoms with Crippen LogP contribution in [0.25, 0.3) is 0 Å². The fraction of sp³-hybridized carbons (Fsp3) is 0.500. The molecule has 0 spiro atoms. The molecule has 0 unspecified atom stereocenters. The second-order valence-corrected chi connectivity index (χ2v) is 8.56. The van der Waals surface area contributed by atoms with Crippen LogP contribution in [0.4, 0.5) is 4.39 Å². The van der Waals surface area contributed by atoms with E-state index < -0.39 is 10.0 Å². The molecule has 8 heteroatoms. The Labute approximate surface area is 154 Å². The largest absolute Gasteiger partial charge is 0.297 e. The van der Waals surface area contributed by atoms with E-state index >= 15 is 0 Å². The van der Waals surface area contributed by atoms with Crippen molar-refractivity contribution in [3.63, 3.8) is 0 Å². The van der Waals surface area contributed by atoms with Crippen molar-refractivity contribution in [2.45, 2.75) is 44.2 Å². The Bertz CT molecular complexity index is 895. The van der Waals surface area contributed by atoms with Crippen LogP contribution in [-0.2, 0) is 23.6 Å². The lowest BCUT2D eigenvalue weighted by atomic mass is 10.1. The molecule has 6 nitrogen and oxygen atoms in total. The third-order valence-corrected chi connectivity index (χ3v) is 6.66. The third-order valence-electron chi connectivity index (χ3n) is 4.89. The Morgan fingerprint density at radius 3 is 2.69 bits per heavy atom. The number of hydrogen-bond acceptors (Lipinski definition) is 4. The highest BCUT2D eigenvalue weighted by molar-refractivity contribution is 7.89. The molecule has 0 radical (unpaired) electrons. The zero-order valence-electron chi connectivity index (χ0n) is 15.4. The molecule has 1 aliphatic rings. The summed E-state index contributed by atoms with van der Waals surface area (Å²) in [5, 5.41) is 4.20. The van der Waals surface area contributed by atoms with Gasteiger partial charge in [0.1, 0.15) is 10.7 Å². The second kappa shape index (κ2) is 7.46. The van der Waals surface area contributed by atoms with Gasteiger partial charge in [-0.05, 0) is 39.3 Å². The molecule has 1 saturated heterocycles. The van der Waals surface area contributed by atoms with Crippen molar-refractivity contribution in [1.82, 2.24) is 19.4 Å². The monoisotopic (exact) mass is 380 g/mol. The fourth-order valence-corrected chi connectivity index (χ4v) is 5.28. The van der Waals surface area contributed by atoms with Crippen molar-refractivity contribution in [3.05, 3.63) is 47.0 Å². The first-order valence-electron chi connectivity index (χ1n) is 8.76. The standard InChI is InChI=1S/C18H25FN4O2S/c1-13-18(14(2)22(3)20-13)26(24,25)21-16-8-6-10-23(12-16)11-15-7-4-5-9-17(15)19/h4-5,7,9,16,21H,6,8,10-12H2,1-3H3/t16-/m0/s1. The molecular formula is C18H25FN4O2S. The summed E-state index contributed by atoms with van der Waals surface area (Å²) in [5.74, 6) is -0.225. The van der Waals surface area contributed by atoms with E-state index in [9.17, 15) is 12.8 Å². The number of benzene rings is 1. The number of hydrogen-bond donors (Lipinski definition) is 1.